The van der Waals surface area contributed by atoms with E-state index in [-0.39, 0.29) is 37.6 Å². The van der Waals surface area contributed by atoms with Gasteiger partial charge < -0.3 is 23.8 Å². The number of nitro benzene ring substituents is 1. The number of rotatable bonds is 12. The third-order valence-corrected chi connectivity index (χ3v) is 5.78. The predicted octanol–water partition coefficient (Wildman–Crippen LogP) is 3.09. The summed E-state index contributed by atoms with van der Waals surface area (Å²) >= 11 is 0. The highest BCUT2D eigenvalue weighted by molar-refractivity contribution is 5.88. The van der Waals surface area contributed by atoms with Crippen molar-refractivity contribution in [2.24, 2.45) is 5.92 Å². The molecular weight excluding hydrogens is 488 g/mol. The van der Waals surface area contributed by atoms with Crippen molar-refractivity contribution in [3.63, 3.8) is 0 Å². The van der Waals surface area contributed by atoms with Gasteiger partial charge >= 0.3 is 18.1 Å². The molecule has 1 heterocycles. The Kier molecular flexibility index (Phi) is 10.3. The molecule has 1 aliphatic heterocycles. The van der Waals surface area contributed by atoms with Crippen LogP contribution in [0.15, 0.2) is 48.1 Å². The first-order chi connectivity index (χ1) is 17.5. The minimum absolute atomic E-state index is 0.0365. The van der Waals surface area contributed by atoms with E-state index in [0.29, 0.717) is 16.7 Å². The van der Waals surface area contributed by atoms with Gasteiger partial charge in [0.25, 0.3) is 5.69 Å². The lowest BCUT2D eigenvalue weighted by Crippen LogP contribution is -2.65. The number of nitrogens with zero attached hydrogens (tertiary/aromatic N) is 2. The molecule has 1 aliphatic rings. The number of hydrogen-bond acceptors (Lipinski definition) is 10. The van der Waals surface area contributed by atoms with Crippen LogP contribution in [0.25, 0.3) is 0 Å². The summed E-state index contributed by atoms with van der Waals surface area (Å²) in [7, 11) is 2.51. The van der Waals surface area contributed by atoms with E-state index in [9.17, 15) is 29.3 Å². The Morgan fingerprint density at radius 3 is 2.41 bits per heavy atom. The lowest BCUT2D eigenvalue weighted by molar-refractivity contribution is -0.384. The predicted molar refractivity (Wildman–Crippen MR) is 129 cm³/mol. The van der Waals surface area contributed by atoms with Crippen molar-refractivity contribution in [3.8, 4) is 0 Å². The molecule has 3 atom stereocenters. The maximum atomic E-state index is 13.0. The second kappa shape index (κ2) is 13.2. The number of non-ortho nitro benzene ring substituents is 1. The van der Waals surface area contributed by atoms with E-state index in [1.54, 1.807) is 13.8 Å². The van der Waals surface area contributed by atoms with Gasteiger partial charge in [0.2, 0.25) is 5.91 Å². The third-order valence-electron chi connectivity index (χ3n) is 5.78. The van der Waals surface area contributed by atoms with Gasteiger partial charge in [0, 0.05) is 24.8 Å². The van der Waals surface area contributed by atoms with Crippen molar-refractivity contribution < 1.29 is 43.0 Å². The lowest BCUT2D eigenvalue weighted by atomic mass is 9.79. The van der Waals surface area contributed by atoms with Crippen LogP contribution in [-0.2, 0) is 39.9 Å². The molecule has 0 aliphatic carbocycles. The number of benzene rings is 1. The second-order valence-corrected chi connectivity index (χ2v) is 8.57. The Morgan fingerprint density at radius 2 is 1.84 bits per heavy atom. The van der Waals surface area contributed by atoms with E-state index in [1.807, 2.05) is 0 Å². The molecule has 0 N–H and O–H groups in total. The molecule has 0 radical (unpaired) electrons. The summed E-state index contributed by atoms with van der Waals surface area (Å²) in [6.45, 7) is 7.09. The Morgan fingerprint density at radius 1 is 1.19 bits per heavy atom. The second-order valence-electron chi connectivity index (χ2n) is 8.57. The molecule has 1 saturated heterocycles. The van der Waals surface area contributed by atoms with Crippen LogP contribution < -0.4 is 0 Å². The van der Waals surface area contributed by atoms with Crippen LogP contribution >= 0.6 is 0 Å². The quantitative estimate of drug-likeness (QED) is 0.0767. The summed E-state index contributed by atoms with van der Waals surface area (Å²) in [6, 6.07) is 5.03. The highest BCUT2D eigenvalue weighted by Crippen LogP contribution is 2.36. The van der Waals surface area contributed by atoms with Crippen molar-refractivity contribution in [2.45, 2.75) is 45.4 Å². The number of carbonyl (C=O) groups is 4. The van der Waals surface area contributed by atoms with Gasteiger partial charge in [0.1, 0.15) is 12.7 Å². The molecule has 0 spiro atoms. The molecule has 0 saturated carbocycles. The summed E-state index contributed by atoms with van der Waals surface area (Å²) in [5.74, 6) is -2.06. The van der Waals surface area contributed by atoms with Gasteiger partial charge in [-0.1, -0.05) is 12.2 Å². The fourth-order valence-electron chi connectivity index (χ4n) is 3.91. The highest BCUT2D eigenvalue weighted by atomic mass is 16.7. The molecular formula is C25H30N2O10. The van der Waals surface area contributed by atoms with Crippen molar-refractivity contribution in [1.82, 2.24) is 4.90 Å². The van der Waals surface area contributed by atoms with Gasteiger partial charge in [-0.15, -0.1) is 0 Å². The van der Waals surface area contributed by atoms with Crippen LogP contribution in [-0.4, -0.2) is 66.7 Å². The standard InChI is InChI=1S/C25H30N2O10/c1-15(11-21(28)34-4)10-20-23(24(30)26(20)13-16(2)12-22(29)35-5)17(3)37-25(31)36-14-18-6-8-19(9-7-18)27(32)33/h6-9,12,17,20,23H,1,10-11,13-14H2,2-5H3/b16-12-/t17-,20+,23+/m0/s1. The maximum Gasteiger partial charge on any atom is 0.508 e. The molecule has 12 nitrogen and oxygen atoms in total. The zero-order chi connectivity index (χ0) is 27.7. The van der Waals surface area contributed by atoms with Crippen molar-refractivity contribution in [3.05, 3.63) is 63.7 Å². The van der Waals surface area contributed by atoms with E-state index in [4.69, 9.17) is 9.47 Å². The number of hydrogen-bond donors (Lipinski definition) is 0. The number of methoxy groups -OCH3 is 2. The third kappa shape index (κ3) is 8.16. The molecule has 1 fully saturated rings. The average molecular weight is 519 g/mol. The lowest BCUT2D eigenvalue weighted by Gasteiger charge is -2.49. The topological polar surface area (TPSA) is 152 Å². The van der Waals surface area contributed by atoms with Gasteiger partial charge in [-0.05, 0) is 43.5 Å². The fourth-order valence-corrected chi connectivity index (χ4v) is 3.91. The number of ether oxygens (including phenoxy) is 4. The van der Waals surface area contributed by atoms with Gasteiger partial charge in [-0.25, -0.2) is 9.59 Å². The number of likely N-dealkylation sites (tertiary alicyclic amines) is 1. The largest absolute Gasteiger partial charge is 0.508 e. The van der Waals surface area contributed by atoms with Gasteiger partial charge in [-0.3, -0.25) is 19.7 Å². The normalized spacial score (nSPS) is 17.8. The monoisotopic (exact) mass is 518 g/mol. The molecule has 0 aromatic heterocycles. The summed E-state index contributed by atoms with van der Waals surface area (Å²) in [5, 5.41) is 10.7. The zero-order valence-electron chi connectivity index (χ0n) is 21.1. The first-order valence-corrected chi connectivity index (χ1v) is 11.3. The van der Waals surface area contributed by atoms with Gasteiger partial charge in [0.15, 0.2) is 0 Å². The van der Waals surface area contributed by atoms with E-state index < -0.39 is 41.1 Å². The van der Waals surface area contributed by atoms with Gasteiger partial charge in [-0.2, -0.15) is 0 Å². The minimum atomic E-state index is -1.01. The Labute approximate surface area is 213 Å². The van der Waals surface area contributed by atoms with E-state index >= 15 is 0 Å². The molecule has 12 heteroatoms. The van der Waals surface area contributed by atoms with Crippen LogP contribution in [0.1, 0.15) is 32.3 Å². The van der Waals surface area contributed by atoms with Gasteiger partial charge in [0.05, 0.1) is 37.5 Å². The summed E-state index contributed by atoms with van der Waals surface area (Å²) in [5.41, 5.74) is 1.54. The number of β-lactam (4-membered cyclic amide) rings is 1. The van der Waals surface area contributed by atoms with Crippen molar-refractivity contribution in [2.75, 3.05) is 20.8 Å². The minimum Gasteiger partial charge on any atom is -0.469 e. The summed E-state index contributed by atoms with van der Waals surface area (Å²) in [6.07, 6.45) is -0.385. The number of amides is 1. The number of carbonyl (C=O) groups excluding carboxylic acids is 4. The first-order valence-electron chi connectivity index (χ1n) is 11.3. The Balaban J connectivity index is 2.05. The maximum absolute atomic E-state index is 13.0. The highest BCUT2D eigenvalue weighted by Gasteiger charge is 2.51. The molecule has 1 aromatic carbocycles. The molecule has 0 bridgehead atoms. The molecule has 0 unspecified atom stereocenters. The first kappa shape index (κ1) is 29.0. The average Bonchev–Trinajstić information content (AvgIpc) is 2.85. The molecule has 200 valence electrons. The van der Waals surface area contributed by atoms with Crippen LogP contribution in [0.2, 0.25) is 0 Å². The van der Waals surface area contributed by atoms with E-state index in [2.05, 4.69) is 16.1 Å². The fraction of sp³-hybridized carbons (Fsp3) is 0.440. The molecule has 1 aromatic rings. The smallest absolute Gasteiger partial charge is 0.469 e. The van der Waals surface area contributed by atoms with Crippen LogP contribution in [0.5, 0.6) is 0 Å². The Bertz CT molecular complexity index is 1080. The van der Waals surface area contributed by atoms with Crippen LogP contribution in [0.4, 0.5) is 10.5 Å². The van der Waals surface area contributed by atoms with E-state index in [1.165, 1.54) is 49.5 Å². The molecule has 2 rings (SSSR count). The summed E-state index contributed by atoms with van der Waals surface area (Å²) in [4.78, 5) is 60.2. The summed E-state index contributed by atoms with van der Waals surface area (Å²) < 4.78 is 19.7. The van der Waals surface area contributed by atoms with Crippen molar-refractivity contribution in [1.29, 1.82) is 0 Å². The number of nitro groups is 1. The number of esters is 2. The van der Waals surface area contributed by atoms with Crippen LogP contribution in [0.3, 0.4) is 0 Å². The SMILES string of the molecule is C=C(CC(=O)OC)C[C@@H]1[C@@H]([C@H](C)OC(=O)OCc2ccc([N+](=O)[O-])cc2)C(=O)N1C/C(C)=C\C(=O)OC. The molecule has 1 amide bonds. The zero-order valence-corrected chi connectivity index (χ0v) is 21.1. The van der Waals surface area contributed by atoms with Crippen LogP contribution in [0, 0.1) is 16.0 Å². The Hall–Kier alpha value is -4.22. The molecule has 37 heavy (non-hydrogen) atoms. The van der Waals surface area contributed by atoms with Crippen molar-refractivity contribution >= 4 is 29.7 Å². The van der Waals surface area contributed by atoms with E-state index in [0.717, 1.165) is 0 Å².